The normalized spacial score (nSPS) is 11.6. The Balaban J connectivity index is 1.57. The molecule has 6 nitrogen and oxygen atoms in total. The van der Waals surface area contributed by atoms with Crippen molar-refractivity contribution in [3.05, 3.63) is 48.0 Å². The summed E-state index contributed by atoms with van der Waals surface area (Å²) in [4.78, 5) is 11.9. The van der Waals surface area contributed by atoms with Crippen LogP contribution in [0.4, 0.5) is 11.4 Å². The molecular formula is C16H13N3O3. The van der Waals surface area contributed by atoms with Crippen LogP contribution in [0.3, 0.4) is 0 Å². The average molecular weight is 295 g/mol. The molecule has 6 heteroatoms. The molecule has 2 aromatic rings. The molecule has 2 aromatic carbocycles. The molecule has 1 aliphatic heterocycles. The Bertz CT molecular complexity index is 753. The number of carbonyl (C=O) groups is 1. The number of nitrogens with one attached hydrogen (secondary N) is 2. The first-order chi connectivity index (χ1) is 10.7. The maximum atomic E-state index is 11.9. The van der Waals surface area contributed by atoms with Gasteiger partial charge in [0.2, 0.25) is 12.7 Å². The van der Waals surface area contributed by atoms with Gasteiger partial charge in [-0.2, -0.15) is 5.26 Å². The number of hydrogen-bond donors (Lipinski definition) is 2. The summed E-state index contributed by atoms with van der Waals surface area (Å²) in [7, 11) is 0. The summed E-state index contributed by atoms with van der Waals surface area (Å²) in [5.74, 6) is 1.10. The van der Waals surface area contributed by atoms with Gasteiger partial charge in [0, 0.05) is 17.4 Å². The van der Waals surface area contributed by atoms with Crippen molar-refractivity contribution in [2.45, 2.75) is 0 Å². The number of hydrogen-bond acceptors (Lipinski definition) is 5. The molecule has 0 aromatic heterocycles. The van der Waals surface area contributed by atoms with Gasteiger partial charge >= 0.3 is 0 Å². The van der Waals surface area contributed by atoms with E-state index in [1.807, 2.05) is 0 Å². The summed E-state index contributed by atoms with van der Waals surface area (Å²) >= 11 is 0. The largest absolute Gasteiger partial charge is 0.454 e. The van der Waals surface area contributed by atoms with E-state index >= 15 is 0 Å². The lowest BCUT2D eigenvalue weighted by molar-refractivity contribution is -0.114. The number of carbonyl (C=O) groups excluding carboxylic acids is 1. The van der Waals surface area contributed by atoms with Gasteiger partial charge in [0.25, 0.3) is 0 Å². The minimum absolute atomic E-state index is 0.101. The molecule has 0 bridgehead atoms. The molecule has 0 unspecified atom stereocenters. The molecule has 22 heavy (non-hydrogen) atoms. The van der Waals surface area contributed by atoms with Gasteiger partial charge in [0.1, 0.15) is 0 Å². The Labute approximate surface area is 127 Å². The quantitative estimate of drug-likeness (QED) is 0.904. The predicted molar refractivity (Wildman–Crippen MR) is 80.8 cm³/mol. The molecule has 0 aliphatic carbocycles. The van der Waals surface area contributed by atoms with Gasteiger partial charge in [-0.15, -0.1) is 0 Å². The Hall–Kier alpha value is -3.20. The lowest BCUT2D eigenvalue weighted by Crippen LogP contribution is -2.21. The first kappa shape index (κ1) is 13.8. The number of anilines is 2. The lowest BCUT2D eigenvalue weighted by Gasteiger charge is -2.08. The zero-order valence-electron chi connectivity index (χ0n) is 11.6. The number of fused-ring (bicyclic) bond motifs is 1. The average Bonchev–Trinajstić information content (AvgIpc) is 3.01. The van der Waals surface area contributed by atoms with Crippen LogP contribution in [0.5, 0.6) is 11.5 Å². The highest BCUT2D eigenvalue weighted by Crippen LogP contribution is 2.34. The van der Waals surface area contributed by atoms with Gasteiger partial charge in [0.15, 0.2) is 11.5 Å². The summed E-state index contributed by atoms with van der Waals surface area (Å²) in [5.41, 5.74) is 1.91. The molecule has 1 amide bonds. The molecule has 1 aliphatic rings. The molecule has 110 valence electrons. The van der Waals surface area contributed by atoms with Crippen molar-refractivity contribution in [2.24, 2.45) is 0 Å². The number of rotatable bonds is 4. The van der Waals surface area contributed by atoms with Crippen LogP contribution in [0.25, 0.3) is 0 Å². The van der Waals surface area contributed by atoms with Gasteiger partial charge in [0.05, 0.1) is 18.2 Å². The highest BCUT2D eigenvalue weighted by atomic mass is 16.7. The van der Waals surface area contributed by atoms with Crippen molar-refractivity contribution in [1.82, 2.24) is 0 Å². The smallest absolute Gasteiger partial charge is 0.243 e. The number of benzene rings is 2. The zero-order valence-corrected chi connectivity index (χ0v) is 11.6. The molecule has 2 N–H and O–H groups in total. The fourth-order valence-electron chi connectivity index (χ4n) is 2.06. The van der Waals surface area contributed by atoms with E-state index in [9.17, 15) is 4.79 Å². The minimum Gasteiger partial charge on any atom is -0.454 e. The summed E-state index contributed by atoms with van der Waals surface area (Å²) in [6.07, 6.45) is 0. The van der Waals surface area contributed by atoms with Gasteiger partial charge in [-0.1, -0.05) is 6.07 Å². The van der Waals surface area contributed by atoms with E-state index in [1.54, 1.807) is 42.5 Å². The molecule has 0 saturated carbocycles. The Kier molecular flexibility index (Phi) is 3.79. The molecule has 0 saturated heterocycles. The summed E-state index contributed by atoms with van der Waals surface area (Å²) in [6, 6.07) is 14.2. The fraction of sp³-hybridized carbons (Fsp3) is 0.125. The molecule has 0 fully saturated rings. The second-order valence-electron chi connectivity index (χ2n) is 4.66. The maximum absolute atomic E-state index is 11.9. The van der Waals surface area contributed by atoms with E-state index in [1.165, 1.54) is 0 Å². The Morgan fingerprint density at radius 3 is 2.86 bits per heavy atom. The van der Waals surface area contributed by atoms with Crippen molar-refractivity contribution in [1.29, 1.82) is 5.26 Å². The summed E-state index contributed by atoms with van der Waals surface area (Å²) in [5, 5.41) is 14.6. The van der Waals surface area contributed by atoms with Crippen LogP contribution in [-0.2, 0) is 4.79 Å². The highest BCUT2D eigenvalue weighted by molar-refractivity contribution is 5.94. The van der Waals surface area contributed by atoms with Crippen molar-refractivity contribution in [3.63, 3.8) is 0 Å². The minimum atomic E-state index is -0.193. The van der Waals surface area contributed by atoms with Crippen LogP contribution in [0.1, 0.15) is 5.56 Å². The van der Waals surface area contributed by atoms with Crippen molar-refractivity contribution >= 4 is 17.3 Å². The Morgan fingerprint density at radius 2 is 2.00 bits per heavy atom. The highest BCUT2D eigenvalue weighted by Gasteiger charge is 2.14. The van der Waals surface area contributed by atoms with Gasteiger partial charge in [-0.3, -0.25) is 4.79 Å². The first-order valence-electron chi connectivity index (χ1n) is 6.68. The number of nitrogens with zero attached hydrogens (tertiary/aromatic N) is 1. The van der Waals surface area contributed by atoms with Crippen molar-refractivity contribution in [3.8, 4) is 17.6 Å². The lowest BCUT2D eigenvalue weighted by atomic mass is 10.2. The first-order valence-corrected chi connectivity index (χ1v) is 6.68. The van der Waals surface area contributed by atoms with E-state index < -0.39 is 0 Å². The molecule has 1 heterocycles. The van der Waals surface area contributed by atoms with E-state index in [2.05, 4.69) is 16.7 Å². The second kappa shape index (κ2) is 6.06. The molecule has 0 radical (unpaired) electrons. The maximum Gasteiger partial charge on any atom is 0.243 e. The molecular weight excluding hydrogens is 282 g/mol. The van der Waals surface area contributed by atoms with Crippen LogP contribution >= 0.6 is 0 Å². The van der Waals surface area contributed by atoms with Crippen LogP contribution < -0.4 is 20.1 Å². The van der Waals surface area contributed by atoms with Crippen molar-refractivity contribution < 1.29 is 14.3 Å². The second-order valence-corrected chi connectivity index (χ2v) is 4.66. The molecule has 0 atom stereocenters. The number of nitriles is 1. The van der Waals surface area contributed by atoms with Gasteiger partial charge in [-0.05, 0) is 30.3 Å². The third-order valence-electron chi connectivity index (χ3n) is 3.10. The fourth-order valence-corrected chi connectivity index (χ4v) is 2.06. The molecule has 3 rings (SSSR count). The Morgan fingerprint density at radius 1 is 1.14 bits per heavy atom. The van der Waals surface area contributed by atoms with Crippen LogP contribution in [-0.4, -0.2) is 19.2 Å². The standard InChI is InChI=1S/C16H13N3O3/c17-8-11-2-1-3-12(6-11)18-9-16(20)19-13-4-5-14-15(7-13)22-10-21-14/h1-7,18H,9-10H2,(H,19,20). The van der Waals surface area contributed by atoms with E-state index in [4.69, 9.17) is 14.7 Å². The third kappa shape index (κ3) is 3.10. The summed E-state index contributed by atoms with van der Waals surface area (Å²) in [6.45, 7) is 0.298. The number of amides is 1. The SMILES string of the molecule is N#Cc1cccc(NCC(=O)Nc2ccc3c(c2)OCO3)c1. The van der Waals surface area contributed by atoms with Crippen LogP contribution in [0.2, 0.25) is 0 Å². The zero-order chi connectivity index (χ0) is 15.4. The number of ether oxygens (including phenoxy) is 2. The van der Waals surface area contributed by atoms with Crippen LogP contribution in [0, 0.1) is 11.3 Å². The van der Waals surface area contributed by atoms with Gasteiger partial charge in [-0.25, -0.2) is 0 Å². The van der Waals surface area contributed by atoms with Gasteiger partial charge < -0.3 is 20.1 Å². The topological polar surface area (TPSA) is 83.4 Å². The van der Waals surface area contributed by atoms with E-state index in [0.29, 0.717) is 22.7 Å². The van der Waals surface area contributed by atoms with Crippen LogP contribution in [0.15, 0.2) is 42.5 Å². The third-order valence-corrected chi connectivity index (χ3v) is 3.10. The molecule has 0 spiro atoms. The van der Waals surface area contributed by atoms with Crippen molar-refractivity contribution in [2.75, 3.05) is 24.0 Å². The monoisotopic (exact) mass is 295 g/mol. The van der Waals surface area contributed by atoms with E-state index in [0.717, 1.165) is 5.69 Å². The summed E-state index contributed by atoms with van der Waals surface area (Å²) < 4.78 is 10.5. The predicted octanol–water partition coefficient (Wildman–Crippen LogP) is 2.34. The van der Waals surface area contributed by atoms with E-state index in [-0.39, 0.29) is 19.2 Å².